The van der Waals surface area contributed by atoms with Crippen LogP contribution in [0.4, 0.5) is 0 Å². The highest BCUT2D eigenvalue weighted by Crippen LogP contribution is 2.21. The van der Waals surface area contributed by atoms with Crippen LogP contribution in [0.3, 0.4) is 0 Å². The van der Waals surface area contributed by atoms with E-state index >= 15 is 0 Å². The first-order chi connectivity index (χ1) is 16.2. The Labute approximate surface area is 195 Å². The number of rotatable bonds is 14. The highest BCUT2D eigenvalue weighted by Gasteiger charge is 2.10. The third-order valence-corrected chi connectivity index (χ3v) is 5.66. The molecule has 0 saturated heterocycles. The van der Waals surface area contributed by atoms with E-state index in [9.17, 15) is 9.59 Å². The topological polar surface area (TPSA) is 65.7 Å². The Morgan fingerprint density at radius 2 is 1.39 bits per heavy atom. The number of hydrogen-bond donors (Lipinski definition) is 0. The summed E-state index contributed by atoms with van der Waals surface area (Å²) in [6, 6.07) is 14.9. The monoisotopic (exact) mass is 450 g/mol. The van der Waals surface area contributed by atoms with Gasteiger partial charge in [0.2, 0.25) is 0 Å². The molecule has 5 heteroatoms. The van der Waals surface area contributed by atoms with Crippen molar-refractivity contribution in [2.24, 2.45) is 0 Å². The third-order valence-electron chi connectivity index (χ3n) is 5.66. The zero-order valence-corrected chi connectivity index (χ0v) is 19.5. The summed E-state index contributed by atoms with van der Waals surface area (Å²) in [7, 11) is 0. The van der Waals surface area contributed by atoms with E-state index in [1.165, 1.54) is 63.9 Å². The Bertz CT molecular complexity index is 1050. The average molecular weight is 451 g/mol. The van der Waals surface area contributed by atoms with Crippen molar-refractivity contribution in [3.05, 3.63) is 70.6 Å². The predicted molar refractivity (Wildman–Crippen MR) is 131 cm³/mol. The molecule has 0 amide bonds. The summed E-state index contributed by atoms with van der Waals surface area (Å²) in [5.41, 5.74) is 0.481. The molecule has 0 N–H and O–H groups in total. The quantitative estimate of drug-likeness (QED) is 0.111. The largest absolute Gasteiger partial charge is 0.494 e. The van der Waals surface area contributed by atoms with Gasteiger partial charge >= 0.3 is 11.6 Å². The maximum absolute atomic E-state index is 12.4. The molecule has 5 nitrogen and oxygen atoms in total. The van der Waals surface area contributed by atoms with Crippen LogP contribution >= 0.6 is 0 Å². The number of fused-ring (bicyclic) bond motifs is 1. The van der Waals surface area contributed by atoms with Crippen LogP contribution in [0.5, 0.6) is 11.5 Å². The standard InChI is InChI=1S/C28H34O5/c1-2-3-4-5-6-7-8-9-10-11-20-31-24-15-12-22(13-16-24)28(30)32-25-17-18-26-23(21-25)14-19-27(29)33-26/h12-19,21H,2-11,20H2,1H3. The van der Waals surface area contributed by atoms with Crippen LogP contribution in [0, 0.1) is 0 Å². The molecule has 3 aromatic rings. The molecule has 0 fully saturated rings. The van der Waals surface area contributed by atoms with Gasteiger partial charge in [-0.25, -0.2) is 9.59 Å². The molecule has 3 rings (SSSR count). The van der Waals surface area contributed by atoms with Crippen LogP contribution in [-0.4, -0.2) is 12.6 Å². The van der Waals surface area contributed by atoms with Gasteiger partial charge in [0.25, 0.3) is 0 Å². The van der Waals surface area contributed by atoms with Crippen molar-refractivity contribution in [1.82, 2.24) is 0 Å². The van der Waals surface area contributed by atoms with Crippen molar-refractivity contribution >= 4 is 16.9 Å². The first-order valence-corrected chi connectivity index (χ1v) is 12.1. The number of benzene rings is 2. The summed E-state index contributed by atoms with van der Waals surface area (Å²) >= 11 is 0. The number of ether oxygens (including phenoxy) is 2. The van der Waals surface area contributed by atoms with Crippen molar-refractivity contribution in [1.29, 1.82) is 0 Å². The van der Waals surface area contributed by atoms with Gasteiger partial charge in [0.15, 0.2) is 0 Å². The maximum atomic E-state index is 12.4. The van der Waals surface area contributed by atoms with E-state index in [0.717, 1.165) is 12.2 Å². The molecule has 2 aromatic carbocycles. The maximum Gasteiger partial charge on any atom is 0.343 e. The summed E-state index contributed by atoms with van der Waals surface area (Å²) in [4.78, 5) is 23.7. The SMILES string of the molecule is CCCCCCCCCCCCOc1ccc(C(=O)Oc2ccc3oc(=O)ccc3c2)cc1. The molecule has 0 aliphatic heterocycles. The van der Waals surface area contributed by atoms with Gasteiger partial charge in [-0.1, -0.05) is 64.7 Å². The Balaban J connectivity index is 1.34. The minimum Gasteiger partial charge on any atom is -0.494 e. The van der Waals surface area contributed by atoms with E-state index in [0.29, 0.717) is 28.9 Å². The molecule has 0 spiro atoms. The summed E-state index contributed by atoms with van der Waals surface area (Å²) in [5.74, 6) is 0.693. The highest BCUT2D eigenvalue weighted by atomic mass is 16.5. The fraction of sp³-hybridized carbons (Fsp3) is 0.429. The fourth-order valence-corrected chi connectivity index (χ4v) is 3.75. The zero-order valence-electron chi connectivity index (χ0n) is 19.5. The molecule has 176 valence electrons. The first kappa shape index (κ1) is 24.6. The molecule has 0 bridgehead atoms. The van der Waals surface area contributed by atoms with Crippen molar-refractivity contribution in [2.75, 3.05) is 6.61 Å². The van der Waals surface area contributed by atoms with E-state index in [4.69, 9.17) is 13.9 Å². The number of carbonyl (C=O) groups excluding carboxylic acids is 1. The molecule has 0 radical (unpaired) electrons. The molecule has 0 aliphatic carbocycles. The molecular weight excluding hydrogens is 416 g/mol. The van der Waals surface area contributed by atoms with Crippen LogP contribution in [0.15, 0.2) is 63.8 Å². The second-order valence-corrected chi connectivity index (χ2v) is 8.40. The van der Waals surface area contributed by atoms with Gasteiger partial charge in [-0.2, -0.15) is 0 Å². The zero-order chi connectivity index (χ0) is 23.3. The molecule has 33 heavy (non-hydrogen) atoms. The minimum atomic E-state index is -0.451. The fourth-order valence-electron chi connectivity index (χ4n) is 3.75. The molecular formula is C28H34O5. The Morgan fingerprint density at radius 1 is 0.758 bits per heavy atom. The van der Waals surface area contributed by atoms with E-state index in [1.807, 2.05) is 0 Å². The Morgan fingerprint density at radius 3 is 2.09 bits per heavy atom. The Hall–Kier alpha value is -3.08. The predicted octanol–water partition coefficient (Wildman–Crippen LogP) is 7.31. The van der Waals surface area contributed by atoms with Crippen molar-refractivity contribution in [3.8, 4) is 11.5 Å². The molecule has 0 aliphatic rings. The van der Waals surface area contributed by atoms with E-state index in [2.05, 4.69) is 6.92 Å². The first-order valence-electron chi connectivity index (χ1n) is 12.1. The third kappa shape index (κ3) is 8.41. The second-order valence-electron chi connectivity index (χ2n) is 8.40. The van der Waals surface area contributed by atoms with Gasteiger partial charge in [-0.3, -0.25) is 0 Å². The van der Waals surface area contributed by atoms with Gasteiger partial charge in [0.05, 0.1) is 12.2 Å². The van der Waals surface area contributed by atoms with Crippen LogP contribution in [0.25, 0.3) is 11.0 Å². The highest BCUT2D eigenvalue weighted by molar-refractivity contribution is 5.91. The molecule has 1 heterocycles. The van der Waals surface area contributed by atoms with Gasteiger partial charge < -0.3 is 13.9 Å². The number of hydrogen-bond acceptors (Lipinski definition) is 5. The van der Waals surface area contributed by atoms with Gasteiger partial charge in [-0.15, -0.1) is 0 Å². The van der Waals surface area contributed by atoms with Crippen molar-refractivity contribution < 1.29 is 18.7 Å². The summed E-state index contributed by atoms with van der Waals surface area (Å²) < 4.78 is 16.3. The molecule has 0 saturated carbocycles. The van der Waals surface area contributed by atoms with Crippen LogP contribution < -0.4 is 15.1 Å². The van der Waals surface area contributed by atoms with E-state index in [-0.39, 0.29) is 0 Å². The number of unbranched alkanes of at least 4 members (excludes halogenated alkanes) is 9. The number of carbonyl (C=O) groups is 1. The van der Waals surface area contributed by atoms with Gasteiger partial charge in [0, 0.05) is 11.5 Å². The lowest BCUT2D eigenvalue weighted by Crippen LogP contribution is -2.08. The second kappa shape index (κ2) is 13.5. The summed E-state index contributed by atoms with van der Waals surface area (Å²) in [5, 5.41) is 0.690. The normalized spacial score (nSPS) is 10.9. The lowest BCUT2D eigenvalue weighted by molar-refractivity contribution is 0.0735. The minimum absolute atomic E-state index is 0.391. The van der Waals surface area contributed by atoms with E-state index < -0.39 is 11.6 Å². The van der Waals surface area contributed by atoms with Crippen molar-refractivity contribution in [2.45, 2.75) is 71.1 Å². The lowest BCUT2D eigenvalue weighted by Gasteiger charge is -2.08. The smallest absolute Gasteiger partial charge is 0.343 e. The van der Waals surface area contributed by atoms with Crippen LogP contribution in [0.1, 0.15) is 81.5 Å². The molecule has 0 atom stereocenters. The summed E-state index contributed by atoms with van der Waals surface area (Å²) in [6.45, 7) is 2.94. The van der Waals surface area contributed by atoms with Crippen LogP contribution in [-0.2, 0) is 0 Å². The number of esters is 1. The summed E-state index contributed by atoms with van der Waals surface area (Å²) in [6.07, 6.45) is 13.0. The van der Waals surface area contributed by atoms with Gasteiger partial charge in [-0.05, 0) is 55.0 Å². The molecule has 1 aromatic heterocycles. The lowest BCUT2D eigenvalue weighted by atomic mass is 10.1. The van der Waals surface area contributed by atoms with Crippen LogP contribution in [0.2, 0.25) is 0 Å². The van der Waals surface area contributed by atoms with E-state index in [1.54, 1.807) is 48.5 Å². The van der Waals surface area contributed by atoms with Gasteiger partial charge in [0.1, 0.15) is 17.1 Å². The average Bonchev–Trinajstić information content (AvgIpc) is 2.83. The van der Waals surface area contributed by atoms with Crippen molar-refractivity contribution in [3.63, 3.8) is 0 Å². The molecule has 0 unspecified atom stereocenters. The Kier molecular flexibility index (Phi) is 10.0.